The average molecular weight is 379 g/mol. The predicted octanol–water partition coefficient (Wildman–Crippen LogP) is 4.09. The quantitative estimate of drug-likeness (QED) is 0.824. The van der Waals surface area contributed by atoms with E-state index in [1.54, 1.807) is 0 Å². The van der Waals surface area contributed by atoms with Gasteiger partial charge in [0.15, 0.2) is 0 Å². The van der Waals surface area contributed by atoms with Gasteiger partial charge < -0.3 is 9.88 Å². The van der Waals surface area contributed by atoms with Gasteiger partial charge in [-0.2, -0.15) is 5.26 Å². The SMILES string of the molecule is CCC1CCCN(CC(=O)Nc2c(C#N)c(C)c(C)n2Cc2ccccc2)C1. The predicted molar refractivity (Wildman–Crippen MR) is 112 cm³/mol. The lowest BCUT2D eigenvalue weighted by atomic mass is 9.96. The molecule has 1 aliphatic rings. The molecular formula is C23H30N4O. The lowest BCUT2D eigenvalue weighted by molar-refractivity contribution is -0.117. The van der Waals surface area contributed by atoms with E-state index in [9.17, 15) is 10.1 Å². The molecule has 0 radical (unpaired) electrons. The molecule has 1 aliphatic heterocycles. The Morgan fingerprint density at radius 3 is 2.71 bits per heavy atom. The van der Waals surface area contributed by atoms with Gasteiger partial charge in [0.25, 0.3) is 0 Å². The molecule has 148 valence electrons. The summed E-state index contributed by atoms with van der Waals surface area (Å²) in [4.78, 5) is 15.0. The molecule has 1 unspecified atom stereocenters. The van der Waals surface area contributed by atoms with Gasteiger partial charge in [-0.25, -0.2) is 0 Å². The van der Waals surface area contributed by atoms with E-state index < -0.39 is 0 Å². The Morgan fingerprint density at radius 2 is 2.04 bits per heavy atom. The molecule has 5 nitrogen and oxygen atoms in total. The number of benzene rings is 1. The van der Waals surface area contributed by atoms with Gasteiger partial charge in [0, 0.05) is 18.8 Å². The van der Waals surface area contributed by atoms with Crippen molar-refractivity contribution in [1.82, 2.24) is 9.47 Å². The Hall–Kier alpha value is -2.58. The maximum absolute atomic E-state index is 12.8. The summed E-state index contributed by atoms with van der Waals surface area (Å²) in [5.74, 6) is 1.26. The first-order chi connectivity index (χ1) is 13.5. The van der Waals surface area contributed by atoms with E-state index in [1.807, 2.05) is 36.6 Å². The van der Waals surface area contributed by atoms with Crippen LogP contribution in [0.25, 0.3) is 0 Å². The second-order valence-electron chi connectivity index (χ2n) is 7.82. The number of hydrogen-bond acceptors (Lipinski definition) is 3. The van der Waals surface area contributed by atoms with Crippen LogP contribution in [0.15, 0.2) is 30.3 Å². The second kappa shape index (κ2) is 9.07. The number of rotatable bonds is 6. The molecule has 1 aromatic carbocycles. The van der Waals surface area contributed by atoms with Crippen LogP contribution in [-0.4, -0.2) is 35.0 Å². The van der Waals surface area contributed by atoms with Crippen molar-refractivity contribution in [2.45, 2.75) is 46.6 Å². The van der Waals surface area contributed by atoms with Crippen LogP contribution in [0, 0.1) is 31.1 Å². The van der Waals surface area contributed by atoms with Crippen molar-refractivity contribution in [2.24, 2.45) is 5.92 Å². The van der Waals surface area contributed by atoms with Gasteiger partial charge in [-0.05, 0) is 50.3 Å². The Morgan fingerprint density at radius 1 is 1.29 bits per heavy atom. The van der Waals surface area contributed by atoms with Crippen LogP contribution in [0.4, 0.5) is 5.82 Å². The molecule has 0 saturated carbocycles. The van der Waals surface area contributed by atoms with Crippen LogP contribution >= 0.6 is 0 Å². The highest BCUT2D eigenvalue weighted by atomic mass is 16.2. The van der Waals surface area contributed by atoms with Gasteiger partial charge in [-0.1, -0.05) is 43.7 Å². The maximum atomic E-state index is 12.8. The molecule has 5 heteroatoms. The average Bonchev–Trinajstić information content (AvgIpc) is 2.92. The number of nitrogens with zero attached hydrogens (tertiary/aromatic N) is 3. The molecule has 0 spiro atoms. The second-order valence-corrected chi connectivity index (χ2v) is 7.82. The van der Waals surface area contributed by atoms with Gasteiger partial charge in [0.1, 0.15) is 11.9 Å². The molecule has 0 aliphatic carbocycles. The molecule has 1 N–H and O–H groups in total. The first-order valence-corrected chi connectivity index (χ1v) is 10.2. The Labute approximate surface area is 168 Å². The number of carbonyl (C=O) groups is 1. The minimum atomic E-state index is -0.0416. The fourth-order valence-electron chi connectivity index (χ4n) is 4.10. The number of nitrogens with one attached hydrogen (secondary N) is 1. The van der Waals surface area contributed by atoms with Gasteiger partial charge >= 0.3 is 0 Å². The number of piperidine rings is 1. The van der Waals surface area contributed by atoms with Crippen molar-refractivity contribution < 1.29 is 4.79 Å². The van der Waals surface area contributed by atoms with E-state index in [0.717, 1.165) is 42.8 Å². The smallest absolute Gasteiger partial charge is 0.239 e. The van der Waals surface area contributed by atoms with Crippen LogP contribution in [-0.2, 0) is 11.3 Å². The highest BCUT2D eigenvalue weighted by Crippen LogP contribution is 2.27. The van der Waals surface area contributed by atoms with Crippen LogP contribution in [0.5, 0.6) is 0 Å². The van der Waals surface area contributed by atoms with Gasteiger partial charge in [0.05, 0.1) is 12.1 Å². The summed E-state index contributed by atoms with van der Waals surface area (Å²) in [6, 6.07) is 12.4. The van der Waals surface area contributed by atoms with Gasteiger partial charge in [-0.3, -0.25) is 9.69 Å². The highest BCUT2D eigenvalue weighted by Gasteiger charge is 2.23. The fourth-order valence-corrected chi connectivity index (χ4v) is 4.10. The lowest BCUT2D eigenvalue weighted by Crippen LogP contribution is -2.40. The van der Waals surface area contributed by atoms with Crippen molar-refractivity contribution in [3.05, 3.63) is 52.7 Å². The van der Waals surface area contributed by atoms with E-state index in [-0.39, 0.29) is 5.91 Å². The summed E-state index contributed by atoms with van der Waals surface area (Å²) in [7, 11) is 0. The minimum Gasteiger partial charge on any atom is -0.326 e. The van der Waals surface area contributed by atoms with Crippen LogP contribution < -0.4 is 5.32 Å². The highest BCUT2D eigenvalue weighted by molar-refractivity contribution is 5.93. The van der Waals surface area contributed by atoms with Crippen molar-refractivity contribution in [2.75, 3.05) is 25.0 Å². The molecule has 2 aromatic rings. The summed E-state index contributed by atoms with van der Waals surface area (Å²) in [6.45, 7) is 9.14. The zero-order valence-corrected chi connectivity index (χ0v) is 17.2. The molecule has 1 amide bonds. The Bertz CT molecular complexity index is 863. The zero-order chi connectivity index (χ0) is 20.1. The summed E-state index contributed by atoms with van der Waals surface area (Å²) in [5.41, 5.74) is 3.65. The monoisotopic (exact) mass is 378 g/mol. The molecular weight excluding hydrogens is 348 g/mol. The largest absolute Gasteiger partial charge is 0.326 e. The maximum Gasteiger partial charge on any atom is 0.239 e. The summed E-state index contributed by atoms with van der Waals surface area (Å²) in [5, 5.41) is 12.7. The van der Waals surface area contributed by atoms with E-state index >= 15 is 0 Å². The summed E-state index contributed by atoms with van der Waals surface area (Å²) >= 11 is 0. The van der Waals surface area contributed by atoms with E-state index in [4.69, 9.17) is 0 Å². The number of aromatic nitrogens is 1. The lowest BCUT2D eigenvalue weighted by Gasteiger charge is -2.31. The van der Waals surface area contributed by atoms with Crippen molar-refractivity contribution >= 4 is 11.7 Å². The normalized spacial score (nSPS) is 17.3. The third-order valence-corrected chi connectivity index (χ3v) is 5.93. The van der Waals surface area contributed by atoms with E-state index in [2.05, 4.69) is 35.3 Å². The molecule has 1 saturated heterocycles. The number of hydrogen-bond donors (Lipinski definition) is 1. The molecule has 1 atom stereocenters. The van der Waals surface area contributed by atoms with Crippen LogP contribution in [0.1, 0.15) is 48.6 Å². The van der Waals surface area contributed by atoms with Crippen molar-refractivity contribution in [1.29, 1.82) is 5.26 Å². The summed E-state index contributed by atoms with van der Waals surface area (Å²) < 4.78 is 2.05. The number of likely N-dealkylation sites (tertiary alicyclic amines) is 1. The molecule has 1 fully saturated rings. The third kappa shape index (κ3) is 4.45. The molecule has 28 heavy (non-hydrogen) atoms. The fraction of sp³-hybridized carbons (Fsp3) is 0.478. The minimum absolute atomic E-state index is 0.0416. The molecule has 2 heterocycles. The molecule has 1 aromatic heterocycles. The molecule has 3 rings (SSSR count). The zero-order valence-electron chi connectivity index (χ0n) is 17.2. The topological polar surface area (TPSA) is 61.1 Å². The van der Waals surface area contributed by atoms with Crippen molar-refractivity contribution in [3.63, 3.8) is 0 Å². The summed E-state index contributed by atoms with van der Waals surface area (Å²) in [6.07, 6.45) is 3.57. The first-order valence-electron chi connectivity index (χ1n) is 10.2. The van der Waals surface area contributed by atoms with Gasteiger partial charge in [-0.15, -0.1) is 0 Å². The van der Waals surface area contributed by atoms with Crippen molar-refractivity contribution in [3.8, 4) is 6.07 Å². The molecule has 0 bridgehead atoms. The number of anilines is 1. The Kier molecular flexibility index (Phi) is 6.53. The third-order valence-electron chi connectivity index (χ3n) is 5.93. The van der Waals surface area contributed by atoms with Gasteiger partial charge in [0.2, 0.25) is 5.91 Å². The first kappa shape index (κ1) is 20.2. The number of carbonyl (C=O) groups excluding carboxylic acids is 1. The number of nitriles is 1. The number of amides is 1. The Balaban J connectivity index is 1.79. The van der Waals surface area contributed by atoms with Crippen LogP contribution in [0.3, 0.4) is 0 Å². The van der Waals surface area contributed by atoms with E-state index in [0.29, 0.717) is 30.4 Å². The van der Waals surface area contributed by atoms with E-state index in [1.165, 1.54) is 6.42 Å². The standard InChI is InChI=1S/C23H30N4O/c1-4-19-11-8-12-26(14-19)16-22(28)25-23-21(13-24)17(2)18(3)27(23)15-20-9-6-5-7-10-20/h5-7,9-10,19H,4,8,11-12,14-16H2,1-3H3,(H,25,28). The van der Waals surface area contributed by atoms with Crippen LogP contribution in [0.2, 0.25) is 0 Å².